The van der Waals surface area contributed by atoms with E-state index in [1.165, 1.54) is 12.4 Å². The molecule has 10 rings (SSSR count). The molecule has 0 unspecified atom stereocenters. The standard InChI is InChI=1S/C47H58FN13O5/c1-27(2)61-45-39(43(49)52-26-53-45)40(56-61)41-38(42(66-57-41)30-5-6-30)44-50-24-31(25-51-44)29-14-17-60(18-15-29)47(64)65-33-8-3-28(4-9-33)13-16-58-19-21-59(22-20-58)36-11-7-32(23-34(36)48)54-35-10-12-37(62)55-46(35)63/h7,11,23-30,33,35,54H,3-6,8-10,12-22H2,1-2H3,(H2,49,52,53)(H,55,62,63)/t28?,33?,35-/m0/s1. The number of anilines is 3. The second-order valence-electron chi connectivity index (χ2n) is 18.9. The number of likely N-dealkylation sites (tertiary alicyclic amines) is 1. The Morgan fingerprint density at radius 3 is 2.38 bits per heavy atom. The molecule has 1 aromatic carbocycles. The molecule has 4 aromatic heterocycles. The van der Waals surface area contributed by atoms with E-state index in [1.54, 1.807) is 12.1 Å². The molecule has 7 heterocycles. The average Bonchev–Trinajstić information content (AvgIpc) is 3.95. The van der Waals surface area contributed by atoms with Gasteiger partial charge in [-0.3, -0.25) is 19.8 Å². The molecule has 18 nitrogen and oxygen atoms in total. The van der Waals surface area contributed by atoms with Gasteiger partial charge in [-0.1, -0.05) is 5.16 Å². The Balaban J connectivity index is 0.663. The molecule has 19 heteroatoms. The Kier molecular flexibility index (Phi) is 12.3. The molecule has 5 aromatic rings. The molecular weight excluding hydrogens is 846 g/mol. The summed E-state index contributed by atoms with van der Waals surface area (Å²) in [6.45, 7) is 9.50. The predicted molar refractivity (Wildman–Crippen MR) is 244 cm³/mol. The fourth-order valence-corrected chi connectivity index (χ4v) is 10.1. The highest BCUT2D eigenvalue weighted by atomic mass is 19.1. The van der Waals surface area contributed by atoms with Crippen LogP contribution in [0.25, 0.3) is 33.8 Å². The topological polar surface area (TPSA) is 216 Å². The monoisotopic (exact) mass is 903 g/mol. The number of benzene rings is 1. The molecule has 3 saturated heterocycles. The normalized spacial score (nSPS) is 22.3. The zero-order valence-electron chi connectivity index (χ0n) is 37.6. The van der Waals surface area contributed by atoms with Gasteiger partial charge in [0, 0.05) is 75.7 Å². The van der Waals surface area contributed by atoms with Crippen LogP contribution in [0.4, 0.5) is 26.4 Å². The largest absolute Gasteiger partial charge is 0.446 e. The smallest absolute Gasteiger partial charge is 0.410 e. The van der Waals surface area contributed by atoms with Gasteiger partial charge in [-0.05, 0) is 120 Å². The summed E-state index contributed by atoms with van der Waals surface area (Å²) in [7, 11) is 0. The Hall–Kier alpha value is -6.24. The minimum atomic E-state index is -0.553. The number of hydrogen-bond donors (Lipinski definition) is 3. The summed E-state index contributed by atoms with van der Waals surface area (Å²) < 4.78 is 29.1. The minimum absolute atomic E-state index is 0.0324. The lowest BCUT2D eigenvalue weighted by atomic mass is 9.85. The Bertz CT molecular complexity index is 2570. The third kappa shape index (κ3) is 9.13. The number of aromatic nitrogens is 7. The average molecular weight is 904 g/mol. The lowest BCUT2D eigenvalue weighted by molar-refractivity contribution is -0.133. The molecule has 0 radical (unpaired) electrons. The first kappa shape index (κ1) is 43.6. The van der Waals surface area contributed by atoms with E-state index in [0.717, 1.165) is 107 Å². The van der Waals surface area contributed by atoms with Crippen LogP contribution in [0.3, 0.4) is 0 Å². The molecule has 66 heavy (non-hydrogen) atoms. The Morgan fingerprint density at radius 1 is 0.924 bits per heavy atom. The number of nitrogens with two attached hydrogens (primary N) is 1. The van der Waals surface area contributed by atoms with Crippen LogP contribution in [0, 0.1) is 11.7 Å². The van der Waals surface area contributed by atoms with Gasteiger partial charge in [0.1, 0.15) is 41.5 Å². The molecule has 3 amide bonds. The first-order chi connectivity index (χ1) is 32.1. The summed E-state index contributed by atoms with van der Waals surface area (Å²) in [5, 5.41) is 15.4. The van der Waals surface area contributed by atoms with Crippen molar-refractivity contribution in [3.63, 3.8) is 0 Å². The van der Waals surface area contributed by atoms with Gasteiger partial charge in [-0.25, -0.2) is 33.8 Å². The highest BCUT2D eigenvalue weighted by Crippen LogP contribution is 2.48. The number of nitrogens with zero attached hydrogens (tertiary/aromatic N) is 10. The fraction of sp³-hybridized carbons (Fsp3) is 0.553. The van der Waals surface area contributed by atoms with Crippen molar-refractivity contribution in [3.8, 4) is 22.8 Å². The number of imide groups is 1. The zero-order valence-corrected chi connectivity index (χ0v) is 37.6. The van der Waals surface area contributed by atoms with Crippen LogP contribution in [0.2, 0.25) is 0 Å². The molecule has 4 N–H and O–H groups in total. The van der Waals surface area contributed by atoms with Gasteiger partial charge in [-0.2, -0.15) is 5.10 Å². The van der Waals surface area contributed by atoms with Crippen LogP contribution in [0.1, 0.15) is 114 Å². The highest BCUT2D eigenvalue weighted by molar-refractivity contribution is 6.02. The molecule has 2 saturated carbocycles. The number of piperazine rings is 1. The summed E-state index contributed by atoms with van der Waals surface area (Å²) in [6.07, 6.45) is 14.2. The number of carbonyl (C=O) groups excluding carboxylic acids is 3. The second kappa shape index (κ2) is 18.6. The number of rotatable bonds is 12. The molecule has 2 aliphatic carbocycles. The van der Waals surface area contributed by atoms with Gasteiger partial charge in [0.05, 0.1) is 16.6 Å². The number of piperidine rings is 2. The van der Waals surface area contributed by atoms with E-state index in [4.69, 9.17) is 30.1 Å². The number of hydrogen-bond acceptors (Lipinski definition) is 15. The summed E-state index contributed by atoms with van der Waals surface area (Å²) >= 11 is 0. The van der Waals surface area contributed by atoms with E-state index >= 15 is 4.39 Å². The number of carbonyl (C=O) groups is 3. The van der Waals surface area contributed by atoms with Gasteiger partial charge in [0.25, 0.3) is 0 Å². The van der Waals surface area contributed by atoms with Gasteiger partial charge < -0.3 is 30.1 Å². The zero-order chi connectivity index (χ0) is 45.5. The Labute approximate surface area is 382 Å². The quantitative estimate of drug-likeness (QED) is 0.115. The van der Waals surface area contributed by atoms with Crippen molar-refractivity contribution in [2.24, 2.45) is 5.92 Å². The van der Waals surface area contributed by atoms with Crippen molar-refractivity contribution < 1.29 is 28.0 Å². The third-order valence-corrected chi connectivity index (χ3v) is 14.2. The van der Waals surface area contributed by atoms with Gasteiger partial charge >= 0.3 is 6.09 Å². The van der Waals surface area contributed by atoms with Crippen LogP contribution in [0.5, 0.6) is 0 Å². The first-order valence-electron chi connectivity index (χ1n) is 23.7. The first-order valence-corrected chi connectivity index (χ1v) is 23.7. The van der Waals surface area contributed by atoms with Crippen LogP contribution in [-0.2, 0) is 14.3 Å². The van der Waals surface area contributed by atoms with Crippen molar-refractivity contribution in [1.82, 2.24) is 50.0 Å². The fourth-order valence-electron chi connectivity index (χ4n) is 10.1. The van der Waals surface area contributed by atoms with Crippen molar-refractivity contribution >= 4 is 46.1 Å². The maximum atomic E-state index is 15.2. The van der Waals surface area contributed by atoms with Crippen LogP contribution in [0.15, 0.2) is 41.4 Å². The summed E-state index contributed by atoms with van der Waals surface area (Å²) in [4.78, 5) is 61.8. The molecule has 5 aliphatic rings. The van der Waals surface area contributed by atoms with Gasteiger partial charge in [0.2, 0.25) is 11.8 Å². The van der Waals surface area contributed by atoms with E-state index in [1.807, 2.05) is 35.8 Å². The maximum absolute atomic E-state index is 15.2. The molecule has 0 spiro atoms. The van der Waals surface area contributed by atoms with Gasteiger partial charge in [-0.15, -0.1) is 0 Å². The van der Waals surface area contributed by atoms with Crippen molar-refractivity contribution in [2.75, 3.05) is 61.8 Å². The molecule has 348 valence electrons. The highest BCUT2D eigenvalue weighted by Gasteiger charge is 2.37. The van der Waals surface area contributed by atoms with Crippen molar-refractivity contribution in [3.05, 3.63) is 54.1 Å². The lowest BCUT2D eigenvalue weighted by Gasteiger charge is -2.37. The third-order valence-electron chi connectivity index (χ3n) is 14.2. The second-order valence-corrected chi connectivity index (χ2v) is 18.9. The number of halogens is 1. The van der Waals surface area contributed by atoms with Crippen LogP contribution < -0.4 is 21.3 Å². The van der Waals surface area contributed by atoms with Crippen LogP contribution >= 0.6 is 0 Å². The maximum Gasteiger partial charge on any atom is 0.410 e. The number of fused-ring (bicyclic) bond motifs is 1. The number of nitrogens with one attached hydrogen (secondary N) is 2. The number of amides is 3. The molecular formula is C47H58FN13O5. The molecule has 3 aliphatic heterocycles. The van der Waals surface area contributed by atoms with E-state index in [0.29, 0.717) is 70.9 Å². The molecule has 5 fully saturated rings. The SMILES string of the molecule is CC(C)n1nc(-c2noc(C3CC3)c2-c2ncc(C3CCN(C(=O)OC4CCC(CCN5CCN(c6ccc(N[C@H]7CCC(=O)NC7=O)cc6F)CC5)CC4)CC3)cn2)c2c(N)ncnc21. The number of nitrogen functional groups attached to an aromatic ring is 1. The van der Waals surface area contributed by atoms with E-state index in [-0.39, 0.29) is 54.1 Å². The molecule has 1 atom stereocenters. The summed E-state index contributed by atoms with van der Waals surface area (Å²) in [5.74, 6) is 1.69. The van der Waals surface area contributed by atoms with Crippen molar-refractivity contribution in [1.29, 1.82) is 0 Å². The molecule has 0 bridgehead atoms. The van der Waals surface area contributed by atoms with E-state index in [9.17, 15) is 14.4 Å². The lowest BCUT2D eigenvalue weighted by Crippen LogP contribution is -2.47. The minimum Gasteiger partial charge on any atom is -0.446 e. The van der Waals surface area contributed by atoms with Crippen molar-refractivity contribution in [2.45, 2.75) is 114 Å². The van der Waals surface area contributed by atoms with Gasteiger partial charge in [0.15, 0.2) is 17.2 Å². The van der Waals surface area contributed by atoms with E-state index < -0.39 is 6.04 Å². The predicted octanol–water partition coefficient (Wildman–Crippen LogP) is 6.42. The Morgan fingerprint density at radius 2 is 1.68 bits per heavy atom. The summed E-state index contributed by atoms with van der Waals surface area (Å²) in [6, 6.07) is 4.47. The number of ether oxygens (including phenoxy) is 1. The van der Waals surface area contributed by atoms with E-state index in [2.05, 4.69) is 35.6 Å². The summed E-state index contributed by atoms with van der Waals surface area (Å²) in [5.41, 5.74) is 10.9. The van der Waals surface area contributed by atoms with Crippen LogP contribution in [-0.4, -0.2) is 121 Å².